The van der Waals surface area contributed by atoms with Gasteiger partial charge in [-0.1, -0.05) is 60.7 Å². The van der Waals surface area contributed by atoms with Crippen molar-refractivity contribution in [2.75, 3.05) is 0 Å². The fourth-order valence-electron chi connectivity index (χ4n) is 3.50. The number of hydrogen-bond acceptors (Lipinski definition) is 5. The summed E-state index contributed by atoms with van der Waals surface area (Å²) in [7, 11) is 0. The van der Waals surface area contributed by atoms with Crippen molar-refractivity contribution < 1.29 is 19.1 Å². The minimum Gasteiger partial charge on any atom is -0.444 e. The summed E-state index contributed by atoms with van der Waals surface area (Å²) in [4.78, 5) is 25.3. The predicted molar refractivity (Wildman–Crippen MR) is 135 cm³/mol. The molecule has 7 heteroatoms. The molecular weight excluding hydrogens is 430 g/mol. The van der Waals surface area contributed by atoms with E-state index in [1.54, 1.807) is 41.5 Å². The van der Waals surface area contributed by atoms with E-state index in [0.717, 1.165) is 11.1 Å². The molecule has 2 aromatic carbocycles. The molecule has 0 spiro atoms. The third-order valence-electron chi connectivity index (χ3n) is 4.93. The average molecular weight is 470 g/mol. The Hall–Kier alpha value is -3.06. The van der Waals surface area contributed by atoms with Crippen LogP contribution in [0.5, 0.6) is 0 Å². The number of carbonyl (C=O) groups excluding carboxylic acids is 2. The summed E-state index contributed by atoms with van der Waals surface area (Å²) >= 11 is 0. The Kier molecular flexibility index (Phi) is 9.50. The van der Waals surface area contributed by atoms with Gasteiger partial charge in [-0.2, -0.15) is 0 Å². The molecule has 0 radical (unpaired) electrons. The van der Waals surface area contributed by atoms with Gasteiger partial charge in [-0.25, -0.2) is 9.59 Å². The van der Waals surface area contributed by atoms with Crippen molar-refractivity contribution in [3.63, 3.8) is 0 Å². The molecule has 4 N–H and O–H groups in total. The minimum atomic E-state index is -0.649. The fraction of sp³-hybridized carbons (Fsp3) is 0.481. The van der Waals surface area contributed by atoms with Gasteiger partial charge in [0.1, 0.15) is 11.2 Å². The molecule has 0 aliphatic heterocycles. The van der Waals surface area contributed by atoms with Crippen molar-refractivity contribution in [3.8, 4) is 0 Å². The van der Waals surface area contributed by atoms with Crippen LogP contribution in [0.1, 0.15) is 52.7 Å². The highest BCUT2D eigenvalue weighted by molar-refractivity contribution is 5.69. The van der Waals surface area contributed by atoms with Gasteiger partial charge in [-0.05, 0) is 65.5 Å². The van der Waals surface area contributed by atoms with Crippen molar-refractivity contribution in [3.05, 3.63) is 71.8 Å². The Morgan fingerprint density at radius 3 is 1.32 bits per heavy atom. The molecule has 0 heterocycles. The number of amides is 2. The molecule has 7 nitrogen and oxygen atoms in total. The summed E-state index contributed by atoms with van der Waals surface area (Å²) in [6.07, 6.45) is -0.162. The lowest BCUT2D eigenvalue weighted by Crippen LogP contribution is -2.60. The highest BCUT2D eigenvalue weighted by Crippen LogP contribution is 2.15. The fourth-order valence-corrected chi connectivity index (χ4v) is 3.50. The van der Waals surface area contributed by atoms with E-state index < -0.39 is 41.5 Å². The van der Waals surface area contributed by atoms with Gasteiger partial charge >= 0.3 is 12.2 Å². The van der Waals surface area contributed by atoms with E-state index in [1.807, 2.05) is 60.7 Å². The first-order chi connectivity index (χ1) is 15.8. The number of carbonyl (C=O) groups is 2. The highest BCUT2D eigenvalue weighted by atomic mass is 16.6. The number of benzene rings is 2. The van der Waals surface area contributed by atoms with Gasteiger partial charge < -0.3 is 25.8 Å². The molecule has 2 aromatic rings. The van der Waals surface area contributed by atoms with Crippen molar-refractivity contribution in [1.82, 2.24) is 10.6 Å². The molecule has 2 amide bonds. The van der Waals surface area contributed by atoms with E-state index in [0.29, 0.717) is 12.8 Å². The lowest BCUT2D eigenvalue weighted by Gasteiger charge is -2.33. The first-order valence-electron chi connectivity index (χ1n) is 11.6. The van der Waals surface area contributed by atoms with Gasteiger partial charge in [-0.3, -0.25) is 0 Å². The van der Waals surface area contributed by atoms with Gasteiger partial charge in [0, 0.05) is 6.04 Å². The Bertz CT molecular complexity index is 829. The Morgan fingerprint density at radius 2 is 1.03 bits per heavy atom. The maximum absolute atomic E-state index is 12.7. The van der Waals surface area contributed by atoms with E-state index in [-0.39, 0.29) is 0 Å². The second-order valence-electron chi connectivity index (χ2n) is 10.5. The summed E-state index contributed by atoms with van der Waals surface area (Å²) in [5.74, 6) is 0. The summed E-state index contributed by atoms with van der Waals surface area (Å²) in [6.45, 7) is 10.8. The topological polar surface area (TPSA) is 103 Å². The largest absolute Gasteiger partial charge is 0.444 e. The normalized spacial score (nSPS) is 14.4. The summed E-state index contributed by atoms with van der Waals surface area (Å²) in [5.41, 5.74) is 7.46. The molecular formula is C27H39N3O4. The number of nitrogens with one attached hydrogen (secondary N) is 2. The molecule has 2 rings (SSSR count). The van der Waals surface area contributed by atoms with Crippen LogP contribution < -0.4 is 16.4 Å². The summed E-state index contributed by atoms with van der Waals surface area (Å²) < 4.78 is 11.0. The molecule has 0 bridgehead atoms. The maximum Gasteiger partial charge on any atom is 0.407 e. The van der Waals surface area contributed by atoms with E-state index in [4.69, 9.17) is 15.2 Å². The standard InChI is InChI=1S/C27H39N3O4/c1-26(2,3)33-24(31)29-21(17-19-13-9-7-10-14-19)23(28)22(18-20-15-11-8-12-16-20)30-25(32)34-27(4,5)6/h7-16,21-23H,17-18,28H2,1-6H3,(H,29,31)(H,30,32). The van der Waals surface area contributed by atoms with Crippen LogP contribution in [0.15, 0.2) is 60.7 Å². The average Bonchev–Trinajstić information content (AvgIpc) is 2.71. The van der Waals surface area contributed by atoms with E-state index in [1.165, 1.54) is 0 Å². The maximum atomic E-state index is 12.7. The van der Waals surface area contributed by atoms with Crippen molar-refractivity contribution in [1.29, 1.82) is 0 Å². The Morgan fingerprint density at radius 1 is 0.706 bits per heavy atom. The first kappa shape index (κ1) is 27.2. The minimum absolute atomic E-state index is 0.475. The second-order valence-corrected chi connectivity index (χ2v) is 10.5. The molecule has 186 valence electrons. The van der Waals surface area contributed by atoms with Crippen LogP contribution in [0.4, 0.5) is 9.59 Å². The van der Waals surface area contributed by atoms with Gasteiger partial charge in [0.2, 0.25) is 0 Å². The second kappa shape index (κ2) is 11.9. The van der Waals surface area contributed by atoms with Gasteiger partial charge in [0.05, 0.1) is 12.1 Å². The van der Waals surface area contributed by atoms with Gasteiger partial charge in [0.15, 0.2) is 0 Å². The van der Waals surface area contributed by atoms with Crippen molar-refractivity contribution in [2.24, 2.45) is 5.73 Å². The quantitative estimate of drug-likeness (QED) is 0.525. The Labute approximate surface area is 203 Å². The first-order valence-corrected chi connectivity index (χ1v) is 11.6. The van der Waals surface area contributed by atoms with Crippen LogP contribution in [0.2, 0.25) is 0 Å². The molecule has 34 heavy (non-hydrogen) atoms. The number of nitrogens with two attached hydrogens (primary N) is 1. The van der Waals surface area contributed by atoms with Crippen LogP contribution >= 0.6 is 0 Å². The summed E-state index contributed by atoms with van der Waals surface area (Å²) in [6, 6.07) is 17.9. The summed E-state index contributed by atoms with van der Waals surface area (Å²) in [5, 5.41) is 5.86. The van der Waals surface area contributed by atoms with Gasteiger partial charge in [-0.15, -0.1) is 0 Å². The molecule has 2 atom stereocenters. The van der Waals surface area contributed by atoms with E-state index in [9.17, 15) is 9.59 Å². The van der Waals surface area contributed by atoms with Crippen LogP contribution in [0.25, 0.3) is 0 Å². The lowest BCUT2D eigenvalue weighted by molar-refractivity contribution is 0.0471. The molecule has 0 aromatic heterocycles. The monoisotopic (exact) mass is 469 g/mol. The molecule has 0 saturated carbocycles. The number of alkyl carbamates (subject to hydrolysis) is 2. The predicted octanol–water partition coefficient (Wildman–Crippen LogP) is 4.59. The van der Waals surface area contributed by atoms with Crippen LogP contribution in [0.3, 0.4) is 0 Å². The highest BCUT2D eigenvalue weighted by Gasteiger charge is 2.32. The van der Waals surface area contributed by atoms with Crippen molar-refractivity contribution >= 4 is 12.2 Å². The third kappa shape index (κ3) is 10.3. The van der Waals surface area contributed by atoms with Crippen LogP contribution in [0, 0.1) is 0 Å². The van der Waals surface area contributed by atoms with Gasteiger partial charge in [0.25, 0.3) is 0 Å². The van der Waals surface area contributed by atoms with E-state index >= 15 is 0 Å². The molecule has 2 unspecified atom stereocenters. The number of rotatable bonds is 8. The molecule has 0 aliphatic rings. The zero-order chi connectivity index (χ0) is 25.4. The zero-order valence-electron chi connectivity index (χ0n) is 21.1. The molecule has 0 saturated heterocycles. The van der Waals surface area contributed by atoms with E-state index in [2.05, 4.69) is 10.6 Å². The number of ether oxygens (including phenoxy) is 2. The van der Waals surface area contributed by atoms with Crippen molar-refractivity contribution in [2.45, 2.75) is 83.7 Å². The van der Waals surface area contributed by atoms with Crippen LogP contribution in [-0.4, -0.2) is 41.5 Å². The third-order valence-corrected chi connectivity index (χ3v) is 4.93. The zero-order valence-corrected chi connectivity index (χ0v) is 21.1. The lowest BCUT2D eigenvalue weighted by atomic mass is 9.91. The van der Waals surface area contributed by atoms with Crippen LogP contribution in [-0.2, 0) is 22.3 Å². The number of hydrogen-bond donors (Lipinski definition) is 3. The Balaban J connectivity index is 2.30. The molecule has 0 aliphatic carbocycles. The smallest absolute Gasteiger partial charge is 0.407 e. The molecule has 0 fully saturated rings. The SMILES string of the molecule is CC(C)(C)OC(=O)NC(Cc1ccccc1)C(N)C(Cc1ccccc1)NC(=O)OC(C)(C)C.